The number of aryl methyl sites for hydroxylation is 3. The summed E-state index contributed by atoms with van der Waals surface area (Å²) in [7, 11) is 1.68. The maximum absolute atomic E-state index is 12.4. The molecule has 2 rings (SSSR count). The van der Waals surface area contributed by atoms with Crippen LogP contribution in [0.1, 0.15) is 24.6 Å². The quantitative estimate of drug-likeness (QED) is 0.775. The van der Waals surface area contributed by atoms with E-state index < -0.39 is 0 Å². The van der Waals surface area contributed by atoms with Gasteiger partial charge in [-0.15, -0.1) is 0 Å². The summed E-state index contributed by atoms with van der Waals surface area (Å²) in [6.07, 6.45) is 1.61. The van der Waals surface area contributed by atoms with Gasteiger partial charge in [0.1, 0.15) is 5.65 Å². The Hall–Kier alpha value is -1.68. The summed E-state index contributed by atoms with van der Waals surface area (Å²) in [5.41, 5.74) is 2.63. The van der Waals surface area contributed by atoms with Crippen molar-refractivity contribution in [1.29, 1.82) is 0 Å². The summed E-state index contributed by atoms with van der Waals surface area (Å²) in [6.45, 7) is 5.24. The van der Waals surface area contributed by atoms with Crippen molar-refractivity contribution in [3.63, 3.8) is 0 Å². The van der Waals surface area contributed by atoms with Crippen molar-refractivity contribution in [2.75, 3.05) is 13.7 Å². The SMILES string of the molecule is CCn1c(=O)c(CCCOC)cc2ccc(C)nc21. The molecule has 0 saturated heterocycles. The van der Waals surface area contributed by atoms with Crippen molar-refractivity contribution in [2.24, 2.45) is 0 Å². The highest BCUT2D eigenvalue weighted by Gasteiger charge is 2.09. The number of nitrogens with zero attached hydrogens (tertiary/aromatic N) is 2. The van der Waals surface area contributed by atoms with E-state index >= 15 is 0 Å². The van der Waals surface area contributed by atoms with E-state index in [4.69, 9.17) is 4.74 Å². The second-order valence-electron chi connectivity index (χ2n) is 4.68. The molecule has 2 aromatic heterocycles. The minimum Gasteiger partial charge on any atom is -0.385 e. The van der Waals surface area contributed by atoms with Crippen LogP contribution in [0.3, 0.4) is 0 Å². The fourth-order valence-corrected chi connectivity index (χ4v) is 2.28. The summed E-state index contributed by atoms with van der Waals surface area (Å²) < 4.78 is 6.80. The molecule has 0 unspecified atom stereocenters. The Bertz CT molecular complexity index is 632. The molecule has 19 heavy (non-hydrogen) atoms. The molecule has 0 aromatic carbocycles. The molecule has 0 bridgehead atoms. The summed E-state index contributed by atoms with van der Waals surface area (Å²) in [6, 6.07) is 5.97. The van der Waals surface area contributed by atoms with Gasteiger partial charge in [-0.1, -0.05) is 0 Å². The van der Waals surface area contributed by atoms with Gasteiger partial charge in [0.05, 0.1) is 0 Å². The summed E-state index contributed by atoms with van der Waals surface area (Å²) in [5.74, 6) is 0. The highest BCUT2D eigenvalue weighted by atomic mass is 16.5. The molecule has 0 fully saturated rings. The normalized spacial score (nSPS) is 11.1. The largest absolute Gasteiger partial charge is 0.385 e. The Kier molecular flexibility index (Phi) is 4.32. The fourth-order valence-electron chi connectivity index (χ4n) is 2.28. The lowest BCUT2D eigenvalue weighted by Gasteiger charge is -2.10. The molecule has 102 valence electrons. The maximum atomic E-state index is 12.4. The van der Waals surface area contributed by atoms with E-state index in [1.54, 1.807) is 11.7 Å². The van der Waals surface area contributed by atoms with Gasteiger partial charge in [-0.3, -0.25) is 9.36 Å². The van der Waals surface area contributed by atoms with Crippen LogP contribution in [0.5, 0.6) is 0 Å². The highest BCUT2D eigenvalue weighted by Crippen LogP contribution is 2.13. The molecule has 0 aliphatic rings. The molecular weight excluding hydrogens is 240 g/mol. The molecule has 0 saturated carbocycles. The third-order valence-corrected chi connectivity index (χ3v) is 3.26. The Labute approximate surface area is 113 Å². The first-order chi connectivity index (χ1) is 9.17. The van der Waals surface area contributed by atoms with E-state index in [0.717, 1.165) is 35.1 Å². The van der Waals surface area contributed by atoms with Gasteiger partial charge in [-0.25, -0.2) is 4.98 Å². The summed E-state index contributed by atoms with van der Waals surface area (Å²) in [5, 5.41) is 1.03. The molecule has 4 nitrogen and oxygen atoms in total. The van der Waals surface area contributed by atoms with Gasteiger partial charge < -0.3 is 4.74 Å². The first-order valence-corrected chi connectivity index (χ1v) is 6.66. The van der Waals surface area contributed by atoms with Crippen molar-refractivity contribution >= 4 is 11.0 Å². The second kappa shape index (κ2) is 5.97. The van der Waals surface area contributed by atoms with Gasteiger partial charge >= 0.3 is 0 Å². The molecule has 0 radical (unpaired) electrons. The van der Waals surface area contributed by atoms with Crippen LogP contribution in [-0.2, 0) is 17.7 Å². The van der Waals surface area contributed by atoms with Crippen LogP contribution in [-0.4, -0.2) is 23.3 Å². The van der Waals surface area contributed by atoms with E-state index in [0.29, 0.717) is 13.2 Å². The predicted octanol–water partition coefficient (Wildman–Crippen LogP) is 2.30. The number of rotatable bonds is 5. The van der Waals surface area contributed by atoms with Crippen LogP contribution < -0.4 is 5.56 Å². The lowest BCUT2D eigenvalue weighted by molar-refractivity contribution is 0.195. The Morgan fingerprint density at radius 1 is 1.37 bits per heavy atom. The molecule has 0 aliphatic carbocycles. The second-order valence-corrected chi connectivity index (χ2v) is 4.68. The molecule has 0 aliphatic heterocycles. The first-order valence-electron chi connectivity index (χ1n) is 6.66. The molecule has 4 heteroatoms. The minimum absolute atomic E-state index is 0.0733. The monoisotopic (exact) mass is 260 g/mol. The van der Waals surface area contributed by atoms with Crippen molar-refractivity contribution in [3.8, 4) is 0 Å². The molecule has 2 aromatic rings. The third kappa shape index (κ3) is 2.84. The smallest absolute Gasteiger partial charge is 0.255 e. The Balaban J connectivity index is 2.52. The van der Waals surface area contributed by atoms with E-state index in [1.165, 1.54) is 0 Å². The average molecular weight is 260 g/mol. The Morgan fingerprint density at radius 2 is 2.16 bits per heavy atom. The van der Waals surface area contributed by atoms with E-state index in [1.807, 2.05) is 32.0 Å². The number of aromatic nitrogens is 2. The highest BCUT2D eigenvalue weighted by molar-refractivity contribution is 5.76. The van der Waals surface area contributed by atoms with Gasteiger partial charge in [-0.2, -0.15) is 0 Å². The van der Waals surface area contributed by atoms with E-state index in [-0.39, 0.29) is 5.56 Å². The van der Waals surface area contributed by atoms with Crippen molar-refractivity contribution < 1.29 is 4.74 Å². The molecule has 0 atom stereocenters. The van der Waals surface area contributed by atoms with Gasteiger partial charge in [-0.05, 0) is 44.9 Å². The number of fused-ring (bicyclic) bond motifs is 1. The maximum Gasteiger partial charge on any atom is 0.255 e. The number of hydrogen-bond donors (Lipinski definition) is 0. The van der Waals surface area contributed by atoms with Crippen molar-refractivity contribution in [2.45, 2.75) is 33.2 Å². The van der Waals surface area contributed by atoms with Crippen LogP contribution in [0.25, 0.3) is 11.0 Å². The Morgan fingerprint density at radius 3 is 2.84 bits per heavy atom. The standard InChI is InChI=1S/C15H20N2O2/c1-4-17-14-12(8-7-11(2)16-14)10-13(15(17)18)6-5-9-19-3/h7-8,10H,4-6,9H2,1-3H3. The topological polar surface area (TPSA) is 44.1 Å². The average Bonchev–Trinajstić information content (AvgIpc) is 2.40. The third-order valence-electron chi connectivity index (χ3n) is 3.26. The van der Waals surface area contributed by atoms with Crippen LogP contribution in [0, 0.1) is 6.92 Å². The minimum atomic E-state index is 0.0733. The molecule has 2 heterocycles. The van der Waals surface area contributed by atoms with Crippen LogP contribution in [0.4, 0.5) is 0 Å². The number of pyridine rings is 2. The predicted molar refractivity (Wildman–Crippen MR) is 76.6 cm³/mol. The molecule has 0 N–H and O–H groups in total. The zero-order valence-corrected chi connectivity index (χ0v) is 11.8. The lowest BCUT2D eigenvalue weighted by atomic mass is 10.1. The van der Waals surface area contributed by atoms with Gasteiger partial charge in [0.2, 0.25) is 0 Å². The molecular formula is C15H20N2O2. The van der Waals surface area contributed by atoms with Crippen LogP contribution in [0.15, 0.2) is 23.0 Å². The first kappa shape index (κ1) is 13.7. The zero-order chi connectivity index (χ0) is 13.8. The van der Waals surface area contributed by atoms with Crippen molar-refractivity contribution in [1.82, 2.24) is 9.55 Å². The fraction of sp³-hybridized carbons (Fsp3) is 0.467. The van der Waals surface area contributed by atoms with Crippen LogP contribution >= 0.6 is 0 Å². The van der Waals surface area contributed by atoms with Gasteiger partial charge in [0, 0.05) is 36.9 Å². The van der Waals surface area contributed by atoms with Gasteiger partial charge in [0.15, 0.2) is 0 Å². The number of hydrogen-bond acceptors (Lipinski definition) is 3. The molecule has 0 spiro atoms. The number of ether oxygens (including phenoxy) is 1. The summed E-state index contributed by atoms with van der Waals surface area (Å²) >= 11 is 0. The van der Waals surface area contributed by atoms with Crippen molar-refractivity contribution in [3.05, 3.63) is 39.8 Å². The van der Waals surface area contributed by atoms with E-state index in [9.17, 15) is 4.79 Å². The van der Waals surface area contributed by atoms with Crippen LogP contribution in [0.2, 0.25) is 0 Å². The molecule has 0 amide bonds. The zero-order valence-electron chi connectivity index (χ0n) is 11.8. The van der Waals surface area contributed by atoms with Gasteiger partial charge in [0.25, 0.3) is 5.56 Å². The lowest BCUT2D eigenvalue weighted by Crippen LogP contribution is -2.24. The van der Waals surface area contributed by atoms with E-state index in [2.05, 4.69) is 4.98 Å². The number of methoxy groups -OCH3 is 1. The summed E-state index contributed by atoms with van der Waals surface area (Å²) in [4.78, 5) is 16.9.